The van der Waals surface area contributed by atoms with E-state index in [0.717, 1.165) is 5.56 Å². The van der Waals surface area contributed by atoms with Gasteiger partial charge in [-0.3, -0.25) is 14.3 Å². The third-order valence-corrected chi connectivity index (χ3v) is 6.52. The molecular formula is C26H29N3O4S. The van der Waals surface area contributed by atoms with E-state index in [2.05, 4.69) is 36.1 Å². The Kier molecular flexibility index (Phi) is 7.73. The van der Waals surface area contributed by atoms with Crippen LogP contribution in [-0.4, -0.2) is 26.8 Å². The second-order valence-corrected chi connectivity index (χ2v) is 10.6. The molecule has 0 radical (unpaired) electrons. The number of nitrogens with one attached hydrogen (secondary N) is 3. The van der Waals surface area contributed by atoms with E-state index in [1.807, 2.05) is 12.1 Å². The second kappa shape index (κ2) is 10.5. The molecule has 0 aliphatic carbocycles. The van der Waals surface area contributed by atoms with Gasteiger partial charge < -0.3 is 10.6 Å². The van der Waals surface area contributed by atoms with Crippen LogP contribution in [0.25, 0.3) is 0 Å². The fourth-order valence-corrected chi connectivity index (χ4v) is 4.23. The predicted molar refractivity (Wildman–Crippen MR) is 134 cm³/mol. The van der Waals surface area contributed by atoms with E-state index in [-0.39, 0.29) is 35.1 Å². The molecule has 2 amide bonds. The summed E-state index contributed by atoms with van der Waals surface area (Å²) in [6.07, 6.45) is 0.0847. The van der Waals surface area contributed by atoms with Gasteiger partial charge in [0.05, 0.1) is 4.90 Å². The number of hydrogen-bond donors (Lipinski definition) is 3. The molecule has 8 heteroatoms. The van der Waals surface area contributed by atoms with E-state index in [1.165, 1.54) is 24.3 Å². The van der Waals surface area contributed by atoms with Crippen LogP contribution in [0.1, 0.15) is 43.1 Å². The van der Waals surface area contributed by atoms with Gasteiger partial charge in [-0.25, -0.2) is 8.42 Å². The van der Waals surface area contributed by atoms with Crippen LogP contribution in [0.15, 0.2) is 83.8 Å². The predicted octanol–water partition coefficient (Wildman–Crippen LogP) is 4.54. The molecular weight excluding hydrogens is 450 g/mol. The number of amides is 2. The lowest BCUT2D eigenvalue weighted by atomic mass is 9.87. The van der Waals surface area contributed by atoms with Crippen molar-refractivity contribution in [3.63, 3.8) is 0 Å². The van der Waals surface area contributed by atoms with E-state index in [9.17, 15) is 18.0 Å². The van der Waals surface area contributed by atoms with E-state index in [1.54, 1.807) is 42.5 Å². The van der Waals surface area contributed by atoms with E-state index >= 15 is 0 Å². The van der Waals surface area contributed by atoms with Crippen molar-refractivity contribution in [2.75, 3.05) is 16.6 Å². The standard InChI is InChI=1S/C26H29N3O4S/c1-26(2,3)20-11-9-19(10-12-20)25(31)27-18-17-24(30)28-21-13-15-23(16-14-21)34(32,33)29-22-7-5-4-6-8-22/h4-16,29H,17-18H2,1-3H3,(H,27,31)(H,28,30). The molecule has 0 unspecified atom stereocenters. The lowest BCUT2D eigenvalue weighted by Crippen LogP contribution is -2.27. The Bertz CT molecular complexity index is 1230. The molecule has 0 aromatic heterocycles. The minimum Gasteiger partial charge on any atom is -0.352 e. The highest BCUT2D eigenvalue weighted by atomic mass is 32.2. The molecule has 0 bridgehead atoms. The quantitative estimate of drug-likeness (QED) is 0.441. The number of para-hydroxylation sites is 1. The first kappa shape index (κ1) is 25.0. The van der Waals surface area contributed by atoms with Gasteiger partial charge in [-0.1, -0.05) is 51.1 Å². The zero-order valence-corrected chi connectivity index (χ0v) is 20.3. The Morgan fingerprint density at radius 1 is 0.794 bits per heavy atom. The summed E-state index contributed by atoms with van der Waals surface area (Å²) in [5.74, 6) is -0.532. The zero-order valence-electron chi connectivity index (χ0n) is 19.5. The zero-order chi connectivity index (χ0) is 24.8. The van der Waals surface area contributed by atoms with Crippen LogP contribution in [0.5, 0.6) is 0 Å². The van der Waals surface area contributed by atoms with Crippen LogP contribution in [0.2, 0.25) is 0 Å². The SMILES string of the molecule is CC(C)(C)c1ccc(C(=O)NCCC(=O)Nc2ccc(S(=O)(=O)Nc3ccccc3)cc2)cc1. The maximum absolute atomic E-state index is 12.5. The molecule has 0 heterocycles. The van der Waals surface area contributed by atoms with Crippen molar-refractivity contribution in [1.82, 2.24) is 5.32 Å². The maximum Gasteiger partial charge on any atom is 0.261 e. The molecule has 0 aliphatic rings. The van der Waals surface area contributed by atoms with Crippen molar-refractivity contribution in [2.45, 2.75) is 37.5 Å². The monoisotopic (exact) mass is 479 g/mol. The molecule has 178 valence electrons. The summed E-state index contributed by atoms with van der Waals surface area (Å²) < 4.78 is 27.5. The summed E-state index contributed by atoms with van der Waals surface area (Å²) in [4.78, 5) is 24.6. The first-order chi connectivity index (χ1) is 16.0. The minimum atomic E-state index is -3.73. The Morgan fingerprint density at radius 2 is 1.41 bits per heavy atom. The van der Waals surface area contributed by atoms with Gasteiger partial charge in [-0.05, 0) is 59.5 Å². The molecule has 3 aromatic carbocycles. The van der Waals surface area contributed by atoms with Crippen molar-refractivity contribution >= 4 is 33.2 Å². The highest BCUT2D eigenvalue weighted by molar-refractivity contribution is 7.92. The Hall–Kier alpha value is -3.65. The van der Waals surface area contributed by atoms with Gasteiger partial charge in [-0.15, -0.1) is 0 Å². The van der Waals surface area contributed by atoms with Crippen LogP contribution >= 0.6 is 0 Å². The number of carbonyl (C=O) groups is 2. The molecule has 7 nitrogen and oxygen atoms in total. The molecule has 3 aromatic rings. The minimum absolute atomic E-state index is 0.00783. The highest BCUT2D eigenvalue weighted by Gasteiger charge is 2.15. The van der Waals surface area contributed by atoms with Gasteiger partial charge in [0.2, 0.25) is 5.91 Å². The van der Waals surface area contributed by atoms with Gasteiger partial charge in [0.25, 0.3) is 15.9 Å². The van der Waals surface area contributed by atoms with Crippen LogP contribution in [0, 0.1) is 0 Å². The van der Waals surface area contributed by atoms with Gasteiger partial charge in [0, 0.05) is 29.9 Å². The van der Waals surface area contributed by atoms with Crippen molar-refractivity contribution in [1.29, 1.82) is 0 Å². The molecule has 0 fully saturated rings. The van der Waals surface area contributed by atoms with Gasteiger partial charge in [-0.2, -0.15) is 0 Å². The molecule has 3 rings (SSSR count). The smallest absolute Gasteiger partial charge is 0.261 e. The van der Waals surface area contributed by atoms with Crippen molar-refractivity contribution in [2.24, 2.45) is 0 Å². The molecule has 0 saturated carbocycles. The van der Waals surface area contributed by atoms with Gasteiger partial charge >= 0.3 is 0 Å². The number of hydrogen-bond acceptors (Lipinski definition) is 4. The number of benzene rings is 3. The second-order valence-electron chi connectivity index (χ2n) is 8.88. The summed E-state index contributed by atoms with van der Waals surface area (Å²) in [6.45, 7) is 6.50. The number of carbonyl (C=O) groups excluding carboxylic acids is 2. The van der Waals surface area contributed by atoms with Crippen LogP contribution in [0.4, 0.5) is 11.4 Å². The van der Waals surface area contributed by atoms with Crippen molar-refractivity contribution in [3.8, 4) is 0 Å². The highest BCUT2D eigenvalue weighted by Crippen LogP contribution is 2.22. The number of rotatable bonds is 8. The van der Waals surface area contributed by atoms with Gasteiger partial charge in [0.1, 0.15) is 0 Å². The average Bonchev–Trinajstić information content (AvgIpc) is 2.79. The van der Waals surface area contributed by atoms with Crippen LogP contribution < -0.4 is 15.4 Å². The molecule has 0 atom stereocenters. The Labute approximate surface area is 200 Å². The lowest BCUT2D eigenvalue weighted by Gasteiger charge is -2.19. The van der Waals surface area contributed by atoms with Crippen LogP contribution in [-0.2, 0) is 20.2 Å². The van der Waals surface area contributed by atoms with Crippen molar-refractivity contribution in [3.05, 3.63) is 90.0 Å². The Morgan fingerprint density at radius 3 is 2.00 bits per heavy atom. The third kappa shape index (κ3) is 6.92. The number of anilines is 2. The van der Waals surface area contributed by atoms with E-state index < -0.39 is 10.0 Å². The average molecular weight is 480 g/mol. The topological polar surface area (TPSA) is 104 Å². The summed E-state index contributed by atoms with van der Waals surface area (Å²) in [6, 6.07) is 21.9. The fraction of sp³-hybridized carbons (Fsp3) is 0.231. The normalized spacial score (nSPS) is 11.5. The number of sulfonamides is 1. The summed E-state index contributed by atoms with van der Waals surface area (Å²) in [7, 11) is -3.73. The molecule has 0 saturated heterocycles. The van der Waals surface area contributed by atoms with Crippen LogP contribution in [0.3, 0.4) is 0 Å². The summed E-state index contributed by atoms with van der Waals surface area (Å²) in [5.41, 5.74) is 2.61. The maximum atomic E-state index is 12.5. The lowest BCUT2D eigenvalue weighted by molar-refractivity contribution is -0.116. The molecule has 34 heavy (non-hydrogen) atoms. The first-order valence-electron chi connectivity index (χ1n) is 10.9. The fourth-order valence-electron chi connectivity index (χ4n) is 3.17. The third-order valence-electron chi connectivity index (χ3n) is 5.13. The van der Waals surface area contributed by atoms with E-state index in [0.29, 0.717) is 16.9 Å². The molecule has 0 spiro atoms. The summed E-state index contributed by atoms with van der Waals surface area (Å²) >= 11 is 0. The van der Waals surface area contributed by atoms with E-state index in [4.69, 9.17) is 0 Å². The first-order valence-corrected chi connectivity index (χ1v) is 12.4. The molecule has 0 aliphatic heterocycles. The largest absolute Gasteiger partial charge is 0.352 e. The molecule has 3 N–H and O–H groups in total. The van der Waals surface area contributed by atoms with Crippen molar-refractivity contribution < 1.29 is 18.0 Å². The van der Waals surface area contributed by atoms with Gasteiger partial charge in [0.15, 0.2) is 0 Å². The summed E-state index contributed by atoms with van der Waals surface area (Å²) in [5, 5.41) is 5.44. The Balaban J connectivity index is 1.48.